The molecule has 0 aliphatic heterocycles. The molecule has 25 heavy (non-hydrogen) atoms. The van der Waals surface area contributed by atoms with Crippen molar-refractivity contribution >= 4 is 39.6 Å². The van der Waals surface area contributed by atoms with Crippen molar-refractivity contribution in [2.75, 3.05) is 12.4 Å². The lowest BCUT2D eigenvalue weighted by Crippen LogP contribution is -2.38. The van der Waals surface area contributed by atoms with Gasteiger partial charge in [0.2, 0.25) is 0 Å². The molecule has 0 bridgehead atoms. The molecule has 1 aromatic heterocycles. The van der Waals surface area contributed by atoms with Gasteiger partial charge in [0, 0.05) is 10.9 Å². The van der Waals surface area contributed by atoms with E-state index in [0.29, 0.717) is 16.7 Å². The first-order valence-electron chi connectivity index (χ1n) is 8.52. The summed E-state index contributed by atoms with van der Waals surface area (Å²) < 4.78 is 4.92. The molecule has 1 aliphatic rings. The van der Waals surface area contributed by atoms with Gasteiger partial charge in [0.25, 0.3) is 0 Å². The molecule has 1 fully saturated rings. The minimum absolute atomic E-state index is 0.360. The molecule has 2 N–H and O–H groups in total. The van der Waals surface area contributed by atoms with E-state index in [1.807, 2.05) is 36.4 Å². The third kappa shape index (κ3) is 4.58. The highest BCUT2D eigenvalue weighted by Gasteiger charge is 2.20. The van der Waals surface area contributed by atoms with Crippen molar-refractivity contribution in [3.63, 3.8) is 0 Å². The van der Waals surface area contributed by atoms with Gasteiger partial charge in [-0.2, -0.15) is 0 Å². The zero-order chi connectivity index (χ0) is 17.6. The molecular weight excluding hydrogens is 352 g/mol. The zero-order valence-electron chi connectivity index (χ0n) is 14.2. The van der Waals surface area contributed by atoms with Gasteiger partial charge < -0.3 is 15.4 Å². The fraction of sp³-hybridized carbons (Fsp3) is 0.368. The summed E-state index contributed by atoms with van der Waals surface area (Å²) in [6.07, 6.45) is 6.07. The van der Waals surface area contributed by atoms with Gasteiger partial charge in [-0.05, 0) is 36.7 Å². The van der Waals surface area contributed by atoms with Gasteiger partial charge in [0.05, 0.1) is 12.7 Å². The number of benzene rings is 1. The van der Waals surface area contributed by atoms with Crippen LogP contribution in [0.3, 0.4) is 0 Å². The van der Waals surface area contributed by atoms with Crippen molar-refractivity contribution in [3.05, 3.63) is 42.0 Å². The van der Waals surface area contributed by atoms with E-state index in [-0.39, 0.29) is 5.97 Å². The number of carbonyl (C=O) groups is 1. The van der Waals surface area contributed by atoms with Crippen LogP contribution in [0, 0.1) is 0 Å². The number of thiocarbonyl (C=S) groups is 1. The highest BCUT2D eigenvalue weighted by Crippen LogP contribution is 2.35. The van der Waals surface area contributed by atoms with Crippen molar-refractivity contribution in [3.8, 4) is 10.4 Å². The Balaban J connectivity index is 1.77. The molecule has 4 nitrogen and oxygen atoms in total. The fourth-order valence-corrected chi connectivity index (χ4v) is 4.45. The predicted molar refractivity (Wildman–Crippen MR) is 107 cm³/mol. The first-order chi connectivity index (χ1) is 12.2. The smallest absolute Gasteiger partial charge is 0.340 e. The molecule has 0 amide bonds. The molecule has 1 aliphatic carbocycles. The van der Waals surface area contributed by atoms with Crippen LogP contribution in [-0.4, -0.2) is 24.2 Å². The summed E-state index contributed by atoms with van der Waals surface area (Å²) in [6, 6.07) is 12.3. The van der Waals surface area contributed by atoms with Crippen LogP contribution in [-0.2, 0) is 4.74 Å². The summed E-state index contributed by atoms with van der Waals surface area (Å²) >= 11 is 6.96. The largest absolute Gasteiger partial charge is 0.465 e. The number of hydrogen-bond acceptors (Lipinski definition) is 4. The summed E-state index contributed by atoms with van der Waals surface area (Å²) in [6.45, 7) is 0. The average Bonchev–Trinajstić information content (AvgIpc) is 3.06. The number of thiophene rings is 1. The average molecular weight is 375 g/mol. The topological polar surface area (TPSA) is 50.4 Å². The molecule has 6 heteroatoms. The van der Waals surface area contributed by atoms with Gasteiger partial charge >= 0.3 is 5.97 Å². The number of ether oxygens (including phenoxy) is 1. The van der Waals surface area contributed by atoms with E-state index < -0.39 is 0 Å². The fourth-order valence-electron chi connectivity index (χ4n) is 3.06. The second kappa shape index (κ2) is 8.45. The van der Waals surface area contributed by atoms with E-state index in [9.17, 15) is 4.79 Å². The Bertz CT molecular complexity index is 737. The summed E-state index contributed by atoms with van der Waals surface area (Å²) in [5, 5.41) is 7.87. The minimum atomic E-state index is -0.360. The molecule has 132 valence electrons. The quantitative estimate of drug-likeness (QED) is 0.593. The lowest BCUT2D eigenvalue weighted by Gasteiger charge is -2.24. The summed E-state index contributed by atoms with van der Waals surface area (Å²) in [5.74, 6) is -0.360. The molecule has 1 aromatic carbocycles. The molecule has 0 spiro atoms. The SMILES string of the molecule is COC(=O)c1cc(-c2ccccc2)sc1NC(=S)NC1CCCCC1. The molecule has 0 atom stereocenters. The van der Waals surface area contributed by atoms with Crippen molar-refractivity contribution in [2.45, 2.75) is 38.1 Å². The van der Waals surface area contributed by atoms with Crippen molar-refractivity contribution < 1.29 is 9.53 Å². The molecule has 3 rings (SSSR count). The summed E-state index contributed by atoms with van der Waals surface area (Å²) in [4.78, 5) is 13.1. The second-order valence-corrected chi connectivity index (χ2v) is 7.60. The lowest BCUT2D eigenvalue weighted by molar-refractivity contribution is 0.0602. The van der Waals surface area contributed by atoms with Gasteiger partial charge in [-0.1, -0.05) is 49.6 Å². The molecule has 1 heterocycles. The standard InChI is InChI=1S/C19H22N2O2S2/c1-23-18(22)15-12-16(13-8-4-2-5-9-13)25-17(15)21-19(24)20-14-10-6-3-7-11-14/h2,4-5,8-9,12,14H,3,6-7,10-11H2,1H3,(H2,20,21,24). The van der Waals surface area contributed by atoms with Crippen LogP contribution in [0.15, 0.2) is 36.4 Å². The third-order valence-electron chi connectivity index (χ3n) is 4.36. The van der Waals surface area contributed by atoms with Gasteiger partial charge in [0.1, 0.15) is 5.00 Å². The minimum Gasteiger partial charge on any atom is -0.465 e. The van der Waals surface area contributed by atoms with E-state index in [4.69, 9.17) is 17.0 Å². The predicted octanol–water partition coefficient (Wildman–Crippen LogP) is 4.82. The van der Waals surface area contributed by atoms with E-state index >= 15 is 0 Å². The van der Waals surface area contributed by atoms with Crippen molar-refractivity contribution in [2.24, 2.45) is 0 Å². The van der Waals surface area contributed by atoms with Crippen LogP contribution in [0.5, 0.6) is 0 Å². The maximum atomic E-state index is 12.1. The first-order valence-corrected chi connectivity index (χ1v) is 9.75. The molecule has 0 radical (unpaired) electrons. The summed E-state index contributed by atoms with van der Waals surface area (Å²) in [7, 11) is 1.39. The van der Waals surface area contributed by atoms with Gasteiger partial charge in [0.15, 0.2) is 5.11 Å². The van der Waals surface area contributed by atoms with Crippen LogP contribution in [0.2, 0.25) is 0 Å². The van der Waals surface area contributed by atoms with Gasteiger partial charge in [-0.15, -0.1) is 11.3 Å². The number of rotatable bonds is 4. The Hall–Kier alpha value is -1.92. The van der Waals surface area contributed by atoms with Crippen molar-refractivity contribution in [1.29, 1.82) is 0 Å². The summed E-state index contributed by atoms with van der Waals surface area (Å²) in [5.41, 5.74) is 1.58. The van der Waals surface area contributed by atoms with E-state index in [0.717, 1.165) is 28.3 Å². The maximum Gasteiger partial charge on any atom is 0.340 e. The Labute approximate surface area is 157 Å². The molecular formula is C19H22N2O2S2. The maximum absolute atomic E-state index is 12.1. The third-order valence-corrected chi connectivity index (χ3v) is 5.68. The first kappa shape index (κ1) is 17.9. The highest BCUT2D eigenvalue weighted by molar-refractivity contribution is 7.80. The Morgan fingerprint density at radius 2 is 1.92 bits per heavy atom. The van der Waals surface area contributed by atoms with Crippen LogP contribution in [0.1, 0.15) is 42.5 Å². The van der Waals surface area contributed by atoms with E-state index in [2.05, 4.69) is 10.6 Å². The lowest BCUT2D eigenvalue weighted by atomic mass is 9.96. The molecule has 0 saturated heterocycles. The number of hydrogen-bond donors (Lipinski definition) is 2. The monoisotopic (exact) mass is 374 g/mol. The molecule has 2 aromatic rings. The molecule has 1 saturated carbocycles. The number of carbonyl (C=O) groups excluding carboxylic acids is 1. The van der Waals surface area contributed by atoms with E-state index in [1.165, 1.54) is 37.7 Å². The number of esters is 1. The normalized spacial score (nSPS) is 14.8. The van der Waals surface area contributed by atoms with Gasteiger partial charge in [-0.3, -0.25) is 0 Å². The van der Waals surface area contributed by atoms with Crippen LogP contribution < -0.4 is 10.6 Å². The number of nitrogens with one attached hydrogen (secondary N) is 2. The Morgan fingerprint density at radius 3 is 2.60 bits per heavy atom. The number of methoxy groups -OCH3 is 1. The van der Waals surface area contributed by atoms with Crippen LogP contribution >= 0.6 is 23.6 Å². The Morgan fingerprint density at radius 1 is 1.20 bits per heavy atom. The second-order valence-electron chi connectivity index (χ2n) is 6.14. The molecule has 0 unspecified atom stereocenters. The van der Waals surface area contributed by atoms with E-state index in [1.54, 1.807) is 0 Å². The number of anilines is 1. The van der Waals surface area contributed by atoms with Gasteiger partial charge in [-0.25, -0.2) is 4.79 Å². The zero-order valence-corrected chi connectivity index (χ0v) is 15.8. The Kier molecular flexibility index (Phi) is 6.04. The van der Waals surface area contributed by atoms with Crippen LogP contribution in [0.4, 0.5) is 5.00 Å². The van der Waals surface area contributed by atoms with Crippen molar-refractivity contribution in [1.82, 2.24) is 5.32 Å². The highest BCUT2D eigenvalue weighted by atomic mass is 32.1. The van der Waals surface area contributed by atoms with Crippen LogP contribution in [0.25, 0.3) is 10.4 Å².